The Morgan fingerprint density at radius 3 is 2.38 bits per heavy atom. The molecule has 2 aromatic rings. The molecule has 2 rings (SSSR count). The van der Waals surface area contributed by atoms with E-state index in [4.69, 9.17) is 5.14 Å². The molecule has 0 fully saturated rings. The largest absolute Gasteiger partial charge is 0.374 e. The SMILES string of the molecule is CCCCN(C)c1cc(C(C)=O)cc(S(N)(=O)=O)c1Sc1ccccc1. The van der Waals surface area contributed by atoms with Crippen molar-refractivity contribution in [2.45, 2.75) is 41.4 Å². The summed E-state index contributed by atoms with van der Waals surface area (Å²) in [5, 5.41) is 5.48. The lowest BCUT2D eigenvalue weighted by Crippen LogP contribution is -2.22. The van der Waals surface area contributed by atoms with Gasteiger partial charge in [-0.3, -0.25) is 4.79 Å². The summed E-state index contributed by atoms with van der Waals surface area (Å²) in [4.78, 5) is 15.3. The Morgan fingerprint density at radius 1 is 1.19 bits per heavy atom. The first-order valence-electron chi connectivity index (χ1n) is 8.40. The smallest absolute Gasteiger partial charge is 0.239 e. The van der Waals surface area contributed by atoms with Crippen LogP contribution in [0.5, 0.6) is 0 Å². The number of hydrogen-bond donors (Lipinski definition) is 1. The average Bonchev–Trinajstić information content (AvgIpc) is 2.59. The van der Waals surface area contributed by atoms with Crippen molar-refractivity contribution in [2.24, 2.45) is 5.14 Å². The minimum absolute atomic E-state index is 0.0163. The molecule has 5 nitrogen and oxygen atoms in total. The highest BCUT2D eigenvalue weighted by Gasteiger charge is 2.23. The van der Waals surface area contributed by atoms with Crippen LogP contribution in [0.3, 0.4) is 0 Å². The number of carbonyl (C=O) groups is 1. The molecule has 2 N–H and O–H groups in total. The van der Waals surface area contributed by atoms with Gasteiger partial charge in [0.2, 0.25) is 10.0 Å². The van der Waals surface area contributed by atoms with E-state index >= 15 is 0 Å². The molecular formula is C19H24N2O3S2. The minimum Gasteiger partial charge on any atom is -0.374 e. The maximum atomic E-state index is 12.2. The maximum Gasteiger partial charge on any atom is 0.239 e. The molecule has 0 radical (unpaired) electrons. The molecule has 0 atom stereocenters. The quantitative estimate of drug-likeness (QED) is 0.689. The molecule has 2 aromatic carbocycles. The Hall–Kier alpha value is -1.83. The molecule has 26 heavy (non-hydrogen) atoms. The van der Waals surface area contributed by atoms with Crippen LogP contribution >= 0.6 is 11.8 Å². The van der Waals surface area contributed by atoms with Gasteiger partial charge < -0.3 is 4.90 Å². The molecule has 0 heterocycles. The van der Waals surface area contributed by atoms with Crippen molar-refractivity contribution >= 4 is 33.3 Å². The lowest BCUT2D eigenvalue weighted by Gasteiger charge is -2.24. The second kappa shape index (κ2) is 8.70. The number of rotatable bonds is 8. The summed E-state index contributed by atoms with van der Waals surface area (Å²) in [7, 11) is -2.09. The summed E-state index contributed by atoms with van der Waals surface area (Å²) in [6, 6.07) is 12.6. The number of Topliss-reactive ketones (excluding diaryl/α,β-unsaturated/α-hetero) is 1. The van der Waals surface area contributed by atoms with Crippen LogP contribution in [-0.4, -0.2) is 27.8 Å². The van der Waals surface area contributed by atoms with E-state index in [0.29, 0.717) is 16.1 Å². The normalized spacial score (nSPS) is 11.4. The third kappa shape index (κ3) is 5.09. The van der Waals surface area contributed by atoms with Crippen LogP contribution in [-0.2, 0) is 10.0 Å². The highest BCUT2D eigenvalue weighted by Crippen LogP contribution is 2.40. The second-order valence-corrected chi connectivity index (χ2v) is 8.73. The Labute approximate surface area is 159 Å². The molecule has 0 aliphatic carbocycles. The first-order valence-corrected chi connectivity index (χ1v) is 10.8. The number of sulfonamides is 1. The second-order valence-electron chi connectivity index (χ2n) is 6.11. The van der Waals surface area contributed by atoms with Crippen LogP contribution in [0.1, 0.15) is 37.0 Å². The number of nitrogens with zero attached hydrogens (tertiary/aromatic N) is 1. The topological polar surface area (TPSA) is 80.5 Å². The minimum atomic E-state index is -3.99. The summed E-state index contributed by atoms with van der Waals surface area (Å²) >= 11 is 1.34. The first-order chi connectivity index (χ1) is 12.2. The number of anilines is 1. The van der Waals surface area contributed by atoms with Gasteiger partial charge in [-0.2, -0.15) is 0 Å². The van der Waals surface area contributed by atoms with Crippen LogP contribution in [0.25, 0.3) is 0 Å². The zero-order chi connectivity index (χ0) is 19.3. The van der Waals surface area contributed by atoms with Crippen LogP contribution in [0.15, 0.2) is 57.2 Å². The molecule has 7 heteroatoms. The van der Waals surface area contributed by atoms with Crippen molar-refractivity contribution in [3.8, 4) is 0 Å². The maximum absolute atomic E-state index is 12.2. The van der Waals surface area contributed by atoms with Crippen molar-refractivity contribution in [1.29, 1.82) is 0 Å². The summed E-state index contributed by atoms with van der Waals surface area (Å²) in [6.07, 6.45) is 1.97. The van der Waals surface area contributed by atoms with Gasteiger partial charge in [-0.15, -0.1) is 0 Å². The molecule has 0 saturated heterocycles. The standard InChI is InChI=1S/C19H24N2O3S2/c1-4-5-11-21(3)17-12-15(14(2)22)13-18(26(20,23)24)19(17)25-16-9-7-6-8-10-16/h6-10,12-13H,4-5,11H2,1-3H3,(H2,20,23,24). The lowest BCUT2D eigenvalue weighted by atomic mass is 10.1. The Bertz CT molecular complexity index is 881. The lowest BCUT2D eigenvalue weighted by molar-refractivity contribution is 0.101. The van der Waals surface area contributed by atoms with Crippen LogP contribution in [0, 0.1) is 0 Å². The van der Waals surface area contributed by atoms with Crippen LogP contribution in [0.4, 0.5) is 5.69 Å². The van der Waals surface area contributed by atoms with E-state index in [-0.39, 0.29) is 10.7 Å². The number of benzene rings is 2. The van der Waals surface area contributed by atoms with Gasteiger partial charge >= 0.3 is 0 Å². The number of nitrogens with two attached hydrogens (primary N) is 1. The van der Waals surface area contributed by atoms with Gasteiger partial charge in [-0.1, -0.05) is 43.3 Å². The summed E-state index contributed by atoms with van der Waals surface area (Å²) in [6.45, 7) is 4.27. The fourth-order valence-corrected chi connectivity index (χ4v) is 4.65. The molecular weight excluding hydrogens is 368 g/mol. The van der Waals surface area contributed by atoms with Gasteiger partial charge in [0.15, 0.2) is 5.78 Å². The van der Waals surface area contributed by atoms with E-state index in [0.717, 1.165) is 24.3 Å². The molecule has 140 valence electrons. The Kier molecular flexibility index (Phi) is 6.86. The van der Waals surface area contributed by atoms with Crippen LogP contribution < -0.4 is 10.0 Å². The molecule has 0 spiro atoms. The zero-order valence-corrected chi connectivity index (χ0v) is 16.9. The Balaban J connectivity index is 2.68. The van der Waals surface area contributed by atoms with Crippen LogP contribution in [0.2, 0.25) is 0 Å². The molecule has 0 aliphatic heterocycles. The van der Waals surface area contributed by atoms with Gasteiger partial charge in [0.25, 0.3) is 0 Å². The third-order valence-electron chi connectivity index (χ3n) is 3.97. The van der Waals surface area contributed by atoms with E-state index in [1.807, 2.05) is 42.3 Å². The molecule has 0 aromatic heterocycles. The van der Waals surface area contributed by atoms with Gasteiger partial charge in [0, 0.05) is 24.1 Å². The van der Waals surface area contributed by atoms with Crippen molar-refractivity contribution in [3.63, 3.8) is 0 Å². The fraction of sp³-hybridized carbons (Fsp3) is 0.316. The number of hydrogen-bond acceptors (Lipinski definition) is 5. The summed E-state index contributed by atoms with van der Waals surface area (Å²) in [5.41, 5.74) is 1.04. The molecule has 0 bridgehead atoms. The summed E-state index contributed by atoms with van der Waals surface area (Å²) in [5.74, 6) is -0.198. The van der Waals surface area contributed by atoms with Crippen molar-refractivity contribution < 1.29 is 13.2 Å². The predicted molar refractivity (Wildman–Crippen MR) is 107 cm³/mol. The van der Waals surface area contributed by atoms with Gasteiger partial charge in [0.1, 0.15) is 0 Å². The molecule has 0 amide bonds. The summed E-state index contributed by atoms with van der Waals surface area (Å²) < 4.78 is 24.5. The van der Waals surface area contributed by atoms with Crippen molar-refractivity contribution in [2.75, 3.05) is 18.5 Å². The zero-order valence-electron chi connectivity index (χ0n) is 15.2. The van der Waals surface area contributed by atoms with E-state index in [9.17, 15) is 13.2 Å². The van der Waals surface area contributed by atoms with E-state index < -0.39 is 10.0 Å². The monoisotopic (exact) mass is 392 g/mol. The Morgan fingerprint density at radius 2 is 1.85 bits per heavy atom. The van der Waals surface area contributed by atoms with Crippen molar-refractivity contribution in [3.05, 3.63) is 48.0 Å². The number of unbranched alkanes of at least 4 members (excludes halogenated alkanes) is 1. The first kappa shape index (κ1) is 20.5. The highest BCUT2D eigenvalue weighted by atomic mass is 32.2. The molecule has 0 saturated carbocycles. The van der Waals surface area contributed by atoms with Gasteiger partial charge in [-0.25, -0.2) is 13.6 Å². The van der Waals surface area contributed by atoms with E-state index in [1.165, 1.54) is 24.8 Å². The highest BCUT2D eigenvalue weighted by molar-refractivity contribution is 8.00. The van der Waals surface area contributed by atoms with Crippen molar-refractivity contribution in [1.82, 2.24) is 0 Å². The number of primary sulfonamides is 1. The third-order valence-corrected chi connectivity index (χ3v) is 6.18. The average molecular weight is 393 g/mol. The number of carbonyl (C=O) groups excluding carboxylic acids is 1. The number of ketones is 1. The predicted octanol–water partition coefficient (Wildman–Crippen LogP) is 3.92. The van der Waals surface area contributed by atoms with Gasteiger partial charge in [-0.05, 0) is 37.6 Å². The fourth-order valence-electron chi connectivity index (χ4n) is 2.51. The van der Waals surface area contributed by atoms with Gasteiger partial charge in [0.05, 0.1) is 15.5 Å². The van der Waals surface area contributed by atoms with E-state index in [1.54, 1.807) is 6.07 Å². The molecule has 0 unspecified atom stereocenters. The molecule has 0 aliphatic rings. The van der Waals surface area contributed by atoms with E-state index in [2.05, 4.69) is 6.92 Å².